The molecule has 1 aromatic carbocycles. The van der Waals surface area contributed by atoms with Crippen LogP contribution in [0.5, 0.6) is 0 Å². The molecule has 100 valence electrons. The van der Waals surface area contributed by atoms with Crippen molar-refractivity contribution >= 4 is 0 Å². The van der Waals surface area contributed by atoms with Gasteiger partial charge in [-0.25, -0.2) is 4.39 Å². The second kappa shape index (κ2) is 6.27. The van der Waals surface area contributed by atoms with Gasteiger partial charge in [0.1, 0.15) is 5.82 Å². The molecule has 18 heavy (non-hydrogen) atoms. The number of nitrogens with two attached hydrogens (primary N) is 1. The summed E-state index contributed by atoms with van der Waals surface area (Å²) >= 11 is 0. The maximum Gasteiger partial charge on any atom is 0.123 e. The van der Waals surface area contributed by atoms with Crippen molar-refractivity contribution in [2.45, 2.75) is 32.2 Å². The molecule has 1 heterocycles. The summed E-state index contributed by atoms with van der Waals surface area (Å²) in [7, 11) is 0. The lowest BCUT2D eigenvalue weighted by atomic mass is 9.93. The van der Waals surface area contributed by atoms with Crippen LogP contribution in [-0.2, 0) is 11.2 Å². The Morgan fingerprint density at radius 1 is 1.56 bits per heavy atom. The highest BCUT2D eigenvalue weighted by molar-refractivity contribution is 5.27. The molecule has 0 bridgehead atoms. The molecule has 1 aliphatic rings. The van der Waals surface area contributed by atoms with E-state index in [1.165, 1.54) is 6.07 Å². The lowest BCUT2D eigenvalue weighted by Gasteiger charge is -2.20. The van der Waals surface area contributed by atoms with Crippen molar-refractivity contribution in [3.05, 3.63) is 35.1 Å². The first-order chi connectivity index (χ1) is 8.69. The number of aryl methyl sites for hydroxylation is 1. The van der Waals surface area contributed by atoms with Crippen LogP contribution in [0.1, 0.15) is 24.0 Å². The molecular formula is C14H21FN2O. The third-order valence-electron chi connectivity index (χ3n) is 3.66. The molecule has 2 atom stereocenters. The van der Waals surface area contributed by atoms with Gasteiger partial charge in [0, 0.05) is 19.3 Å². The van der Waals surface area contributed by atoms with Gasteiger partial charge in [0.2, 0.25) is 0 Å². The van der Waals surface area contributed by atoms with E-state index in [-0.39, 0.29) is 11.9 Å². The van der Waals surface area contributed by atoms with Gasteiger partial charge in [-0.1, -0.05) is 6.07 Å². The van der Waals surface area contributed by atoms with E-state index in [0.29, 0.717) is 5.92 Å². The molecule has 0 aliphatic carbocycles. The summed E-state index contributed by atoms with van der Waals surface area (Å²) in [4.78, 5) is 0. The average molecular weight is 252 g/mol. The van der Waals surface area contributed by atoms with Crippen molar-refractivity contribution < 1.29 is 9.13 Å². The minimum atomic E-state index is -0.185. The molecule has 0 aromatic heterocycles. The number of rotatable bonds is 5. The van der Waals surface area contributed by atoms with Gasteiger partial charge in [-0.3, -0.25) is 11.3 Å². The van der Waals surface area contributed by atoms with E-state index in [1.54, 1.807) is 6.07 Å². The Morgan fingerprint density at radius 2 is 2.39 bits per heavy atom. The Labute approximate surface area is 107 Å². The first kappa shape index (κ1) is 13.5. The molecular weight excluding hydrogens is 231 g/mol. The van der Waals surface area contributed by atoms with E-state index in [4.69, 9.17) is 10.6 Å². The van der Waals surface area contributed by atoms with Crippen LogP contribution >= 0.6 is 0 Å². The predicted octanol–water partition coefficient (Wildman–Crippen LogP) is 1.94. The summed E-state index contributed by atoms with van der Waals surface area (Å²) in [5.74, 6) is 5.99. The van der Waals surface area contributed by atoms with Gasteiger partial charge < -0.3 is 4.74 Å². The zero-order valence-corrected chi connectivity index (χ0v) is 10.8. The Balaban J connectivity index is 1.98. The second-order valence-electron chi connectivity index (χ2n) is 5.10. The molecule has 0 spiro atoms. The number of nitrogens with one attached hydrogen (secondary N) is 1. The van der Waals surface area contributed by atoms with Crippen molar-refractivity contribution in [1.82, 2.24) is 5.43 Å². The predicted molar refractivity (Wildman–Crippen MR) is 69.5 cm³/mol. The van der Waals surface area contributed by atoms with Crippen LogP contribution in [0.2, 0.25) is 0 Å². The van der Waals surface area contributed by atoms with Crippen molar-refractivity contribution in [3.8, 4) is 0 Å². The summed E-state index contributed by atoms with van der Waals surface area (Å²) in [6.45, 7) is 3.67. The van der Waals surface area contributed by atoms with Gasteiger partial charge in [-0.05, 0) is 55.4 Å². The third-order valence-corrected chi connectivity index (χ3v) is 3.66. The number of hydrazine groups is 1. The minimum Gasteiger partial charge on any atom is -0.381 e. The Kier molecular flexibility index (Phi) is 4.69. The number of hydrogen-bond acceptors (Lipinski definition) is 3. The van der Waals surface area contributed by atoms with Crippen LogP contribution in [0.3, 0.4) is 0 Å². The van der Waals surface area contributed by atoms with E-state index in [2.05, 4.69) is 5.43 Å². The third kappa shape index (κ3) is 3.51. The van der Waals surface area contributed by atoms with Crippen molar-refractivity contribution in [3.63, 3.8) is 0 Å². The molecule has 2 unspecified atom stereocenters. The monoisotopic (exact) mass is 252 g/mol. The molecule has 3 nitrogen and oxygen atoms in total. The summed E-state index contributed by atoms with van der Waals surface area (Å²) in [6.07, 6.45) is 2.84. The van der Waals surface area contributed by atoms with Crippen LogP contribution in [0.15, 0.2) is 18.2 Å². The van der Waals surface area contributed by atoms with Crippen LogP contribution < -0.4 is 11.3 Å². The lowest BCUT2D eigenvalue weighted by Crippen LogP contribution is -2.38. The van der Waals surface area contributed by atoms with Crippen LogP contribution in [0, 0.1) is 18.7 Å². The molecule has 3 N–H and O–H groups in total. The molecule has 4 heteroatoms. The highest BCUT2D eigenvalue weighted by Crippen LogP contribution is 2.21. The molecule has 1 aromatic rings. The van der Waals surface area contributed by atoms with Crippen molar-refractivity contribution in [2.75, 3.05) is 13.2 Å². The van der Waals surface area contributed by atoms with Crippen molar-refractivity contribution in [1.29, 1.82) is 0 Å². The maximum absolute atomic E-state index is 13.2. The molecule has 0 radical (unpaired) electrons. The highest BCUT2D eigenvalue weighted by atomic mass is 19.1. The topological polar surface area (TPSA) is 47.3 Å². The van der Waals surface area contributed by atoms with E-state index >= 15 is 0 Å². The zero-order valence-electron chi connectivity index (χ0n) is 10.8. The first-order valence-corrected chi connectivity index (χ1v) is 6.48. The number of halogens is 1. The fourth-order valence-corrected chi connectivity index (χ4v) is 2.51. The van der Waals surface area contributed by atoms with Gasteiger partial charge in [0.15, 0.2) is 0 Å². The second-order valence-corrected chi connectivity index (χ2v) is 5.10. The standard InChI is InChI=1S/C14H21FN2O/c1-10-2-3-13(15)7-12(10)8-14(17-16)6-11-4-5-18-9-11/h2-3,7,11,14,17H,4-6,8-9,16H2,1H3. The summed E-state index contributed by atoms with van der Waals surface area (Å²) in [5.41, 5.74) is 4.98. The van der Waals surface area contributed by atoms with Gasteiger partial charge >= 0.3 is 0 Å². The Hall–Kier alpha value is -0.970. The normalized spacial score (nSPS) is 21.2. The Bertz CT molecular complexity index is 391. The smallest absolute Gasteiger partial charge is 0.123 e. The van der Waals surface area contributed by atoms with Gasteiger partial charge in [-0.15, -0.1) is 0 Å². The lowest BCUT2D eigenvalue weighted by molar-refractivity contribution is 0.181. The maximum atomic E-state index is 13.2. The van der Waals surface area contributed by atoms with Crippen LogP contribution in [0.25, 0.3) is 0 Å². The average Bonchev–Trinajstić information content (AvgIpc) is 2.85. The molecule has 0 amide bonds. The summed E-state index contributed by atoms with van der Waals surface area (Å²) in [5, 5.41) is 0. The van der Waals surface area contributed by atoms with E-state index in [0.717, 1.165) is 43.6 Å². The minimum absolute atomic E-state index is 0.178. The summed E-state index contributed by atoms with van der Waals surface area (Å²) in [6, 6.07) is 5.09. The number of benzene rings is 1. The highest BCUT2D eigenvalue weighted by Gasteiger charge is 2.20. The zero-order chi connectivity index (χ0) is 13.0. The molecule has 1 saturated heterocycles. The molecule has 0 saturated carbocycles. The quantitative estimate of drug-likeness (QED) is 0.622. The SMILES string of the molecule is Cc1ccc(F)cc1CC(CC1CCOC1)NN. The molecule has 1 fully saturated rings. The molecule has 2 rings (SSSR count). The van der Waals surface area contributed by atoms with Gasteiger partial charge in [-0.2, -0.15) is 0 Å². The van der Waals surface area contributed by atoms with E-state index in [1.807, 2.05) is 13.0 Å². The van der Waals surface area contributed by atoms with E-state index in [9.17, 15) is 4.39 Å². The largest absolute Gasteiger partial charge is 0.381 e. The summed E-state index contributed by atoms with van der Waals surface area (Å²) < 4.78 is 18.6. The van der Waals surface area contributed by atoms with E-state index < -0.39 is 0 Å². The fourth-order valence-electron chi connectivity index (χ4n) is 2.51. The van der Waals surface area contributed by atoms with Gasteiger partial charge in [0.05, 0.1) is 0 Å². The first-order valence-electron chi connectivity index (χ1n) is 6.48. The van der Waals surface area contributed by atoms with Crippen LogP contribution in [0.4, 0.5) is 4.39 Å². The van der Waals surface area contributed by atoms with Crippen LogP contribution in [-0.4, -0.2) is 19.3 Å². The van der Waals surface area contributed by atoms with Gasteiger partial charge in [0.25, 0.3) is 0 Å². The number of hydrogen-bond donors (Lipinski definition) is 2. The van der Waals surface area contributed by atoms with Crippen molar-refractivity contribution in [2.24, 2.45) is 11.8 Å². The Morgan fingerprint density at radius 3 is 3.06 bits per heavy atom. The number of ether oxygens (including phenoxy) is 1. The molecule has 1 aliphatic heterocycles. The fraction of sp³-hybridized carbons (Fsp3) is 0.571.